The molecular weight excluding hydrogens is 234 g/mol. The van der Waals surface area contributed by atoms with Crippen molar-refractivity contribution in [3.63, 3.8) is 0 Å². The van der Waals surface area contributed by atoms with Crippen LogP contribution in [0.2, 0.25) is 0 Å². The SMILES string of the molecule is C=CCNC(=S)NC(CNC)(CNC)CNC. The van der Waals surface area contributed by atoms with Gasteiger partial charge < -0.3 is 26.6 Å². The smallest absolute Gasteiger partial charge is 0.167 e. The van der Waals surface area contributed by atoms with Gasteiger partial charge in [-0.05, 0) is 33.4 Å². The minimum Gasteiger partial charge on any atom is -0.359 e. The van der Waals surface area contributed by atoms with E-state index in [4.69, 9.17) is 12.2 Å². The number of thiocarbonyl (C=S) groups is 1. The van der Waals surface area contributed by atoms with Crippen LogP contribution in [-0.2, 0) is 0 Å². The maximum absolute atomic E-state index is 5.26. The molecule has 0 amide bonds. The second-order valence-corrected chi connectivity index (χ2v) is 4.40. The van der Waals surface area contributed by atoms with Crippen molar-refractivity contribution in [1.82, 2.24) is 26.6 Å². The minimum atomic E-state index is -0.149. The molecule has 0 rings (SSSR count). The van der Waals surface area contributed by atoms with E-state index in [9.17, 15) is 0 Å². The molecule has 0 fully saturated rings. The Labute approximate surface area is 110 Å². The van der Waals surface area contributed by atoms with Gasteiger partial charge in [-0.3, -0.25) is 0 Å². The van der Waals surface area contributed by atoms with Crippen LogP contribution < -0.4 is 26.6 Å². The number of hydrogen-bond donors (Lipinski definition) is 5. The predicted octanol–water partition coefficient (Wildman–Crippen LogP) is -0.966. The van der Waals surface area contributed by atoms with E-state index < -0.39 is 0 Å². The van der Waals surface area contributed by atoms with Crippen LogP contribution in [0.15, 0.2) is 12.7 Å². The van der Waals surface area contributed by atoms with Gasteiger partial charge >= 0.3 is 0 Å². The first-order valence-electron chi connectivity index (χ1n) is 5.75. The minimum absolute atomic E-state index is 0.149. The highest BCUT2D eigenvalue weighted by atomic mass is 32.1. The summed E-state index contributed by atoms with van der Waals surface area (Å²) in [5.74, 6) is 0. The van der Waals surface area contributed by atoms with E-state index in [0.717, 1.165) is 19.6 Å². The Kier molecular flexibility index (Phi) is 8.97. The first-order valence-corrected chi connectivity index (χ1v) is 6.15. The van der Waals surface area contributed by atoms with Crippen molar-refractivity contribution in [3.8, 4) is 0 Å². The van der Waals surface area contributed by atoms with Crippen LogP contribution in [0.1, 0.15) is 0 Å². The number of nitrogens with one attached hydrogen (secondary N) is 5. The number of rotatable bonds is 9. The molecule has 0 saturated heterocycles. The third-order valence-electron chi connectivity index (χ3n) is 2.33. The van der Waals surface area contributed by atoms with Crippen molar-refractivity contribution in [2.24, 2.45) is 0 Å². The molecule has 0 saturated carbocycles. The fraction of sp³-hybridized carbons (Fsp3) is 0.727. The van der Waals surface area contributed by atoms with Crippen molar-refractivity contribution < 1.29 is 0 Å². The van der Waals surface area contributed by atoms with E-state index in [-0.39, 0.29) is 5.54 Å². The van der Waals surface area contributed by atoms with Crippen LogP contribution in [0.4, 0.5) is 0 Å². The van der Waals surface area contributed by atoms with Crippen LogP contribution in [0.25, 0.3) is 0 Å². The Hall–Kier alpha value is -0.690. The molecule has 0 aromatic carbocycles. The zero-order valence-corrected chi connectivity index (χ0v) is 11.8. The normalized spacial score (nSPS) is 11.0. The lowest BCUT2D eigenvalue weighted by Crippen LogP contribution is -2.65. The summed E-state index contributed by atoms with van der Waals surface area (Å²) in [5.41, 5.74) is -0.149. The highest BCUT2D eigenvalue weighted by Crippen LogP contribution is 2.01. The maximum atomic E-state index is 5.26. The zero-order chi connectivity index (χ0) is 13.1. The fourth-order valence-corrected chi connectivity index (χ4v) is 2.08. The van der Waals surface area contributed by atoms with Crippen LogP contribution in [0.5, 0.6) is 0 Å². The number of hydrogen-bond acceptors (Lipinski definition) is 4. The van der Waals surface area contributed by atoms with Crippen LogP contribution >= 0.6 is 12.2 Å². The molecule has 0 heterocycles. The molecule has 0 aromatic rings. The summed E-state index contributed by atoms with van der Waals surface area (Å²) in [5, 5.41) is 16.6. The lowest BCUT2D eigenvalue weighted by Gasteiger charge is -2.35. The molecule has 0 spiro atoms. The Morgan fingerprint density at radius 1 is 1.12 bits per heavy atom. The van der Waals surface area contributed by atoms with E-state index in [0.29, 0.717) is 11.7 Å². The van der Waals surface area contributed by atoms with E-state index in [2.05, 4.69) is 33.2 Å². The molecule has 17 heavy (non-hydrogen) atoms. The predicted molar refractivity (Wildman–Crippen MR) is 78.4 cm³/mol. The summed E-state index contributed by atoms with van der Waals surface area (Å²) < 4.78 is 0. The lowest BCUT2D eigenvalue weighted by molar-refractivity contribution is 0.341. The molecule has 0 bridgehead atoms. The second-order valence-electron chi connectivity index (χ2n) is 4.00. The molecule has 0 aliphatic carbocycles. The lowest BCUT2D eigenvalue weighted by atomic mass is 9.99. The van der Waals surface area contributed by atoms with Gasteiger partial charge in [0.05, 0.1) is 5.54 Å². The summed E-state index contributed by atoms with van der Waals surface area (Å²) in [4.78, 5) is 0. The zero-order valence-electron chi connectivity index (χ0n) is 11.0. The molecule has 0 aromatic heterocycles. The summed E-state index contributed by atoms with van der Waals surface area (Å²) in [6, 6.07) is 0. The molecule has 0 radical (unpaired) electrons. The van der Waals surface area contributed by atoms with Gasteiger partial charge in [-0.15, -0.1) is 6.58 Å². The summed E-state index contributed by atoms with van der Waals surface area (Å²) in [6.07, 6.45) is 1.78. The Morgan fingerprint density at radius 2 is 1.59 bits per heavy atom. The average Bonchev–Trinajstić information content (AvgIpc) is 2.27. The molecule has 5 N–H and O–H groups in total. The highest BCUT2D eigenvalue weighted by Gasteiger charge is 2.28. The quantitative estimate of drug-likeness (QED) is 0.271. The molecule has 6 heteroatoms. The van der Waals surface area contributed by atoms with Crippen LogP contribution in [0.3, 0.4) is 0 Å². The average molecular weight is 259 g/mol. The highest BCUT2D eigenvalue weighted by molar-refractivity contribution is 7.80. The number of likely N-dealkylation sites (N-methyl/N-ethyl adjacent to an activating group) is 3. The van der Waals surface area contributed by atoms with Crippen molar-refractivity contribution in [3.05, 3.63) is 12.7 Å². The van der Waals surface area contributed by atoms with Crippen molar-refractivity contribution in [1.29, 1.82) is 0 Å². The third kappa shape index (κ3) is 6.58. The molecule has 5 nitrogen and oxygen atoms in total. The van der Waals surface area contributed by atoms with Gasteiger partial charge in [-0.25, -0.2) is 0 Å². The van der Waals surface area contributed by atoms with Gasteiger partial charge in [-0.1, -0.05) is 6.08 Å². The van der Waals surface area contributed by atoms with Gasteiger partial charge in [0.1, 0.15) is 0 Å². The summed E-state index contributed by atoms with van der Waals surface area (Å²) in [7, 11) is 5.80. The molecule has 0 atom stereocenters. The Morgan fingerprint density at radius 3 is 1.94 bits per heavy atom. The Bertz CT molecular complexity index is 215. The Balaban J connectivity index is 4.51. The van der Waals surface area contributed by atoms with E-state index in [1.54, 1.807) is 6.08 Å². The molecule has 100 valence electrons. The van der Waals surface area contributed by atoms with Crippen LogP contribution in [0, 0.1) is 0 Å². The third-order valence-corrected chi connectivity index (χ3v) is 2.58. The largest absolute Gasteiger partial charge is 0.359 e. The van der Waals surface area contributed by atoms with Crippen LogP contribution in [-0.4, -0.2) is 58.0 Å². The van der Waals surface area contributed by atoms with Crippen molar-refractivity contribution >= 4 is 17.3 Å². The van der Waals surface area contributed by atoms with Gasteiger partial charge in [-0.2, -0.15) is 0 Å². The topological polar surface area (TPSA) is 60.1 Å². The summed E-state index contributed by atoms with van der Waals surface area (Å²) in [6.45, 7) is 6.75. The van der Waals surface area contributed by atoms with Crippen molar-refractivity contribution in [2.45, 2.75) is 5.54 Å². The maximum Gasteiger partial charge on any atom is 0.167 e. The first kappa shape index (κ1) is 16.3. The van der Waals surface area contributed by atoms with Gasteiger partial charge in [0.25, 0.3) is 0 Å². The van der Waals surface area contributed by atoms with Gasteiger partial charge in [0, 0.05) is 26.2 Å². The standard InChI is InChI=1S/C11H25N5S/c1-5-6-15-10(17)16-11(7-12-2,8-13-3)9-14-4/h5,12-14H,1,6-9H2,2-4H3,(H2,15,16,17). The van der Waals surface area contributed by atoms with Gasteiger partial charge in [0.15, 0.2) is 5.11 Å². The fourth-order valence-electron chi connectivity index (χ4n) is 1.79. The molecule has 0 aliphatic rings. The van der Waals surface area contributed by atoms with Gasteiger partial charge in [0.2, 0.25) is 0 Å². The molecule has 0 unspecified atom stereocenters. The first-order chi connectivity index (χ1) is 8.14. The molecule has 0 aliphatic heterocycles. The monoisotopic (exact) mass is 259 g/mol. The van der Waals surface area contributed by atoms with Crippen molar-refractivity contribution in [2.75, 3.05) is 47.3 Å². The van der Waals surface area contributed by atoms with E-state index in [1.807, 2.05) is 21.1 Å². The second kappa shape index (κ2) is 9.35. The summed E-state index contributed by atoms with van der Waals surface area (Å²) >= 11 is 5.26. The van der Waals surface area contributed by atoms with E-state index in [1.165, 1.54) is 0 Å². The van der Waals surface area contributed by atoms with E-state index >= 15 is 0 Å². The molecular formula is C11H25N5S.